The van der Waals surface area contributed by atoms with E-state index in [1.165, 1.54) is 0 Å². The summed E-state index contributed by atoms with van der Waals surface area (Å²) in [5.74, 6) is 0. The number of carbonyl (C=O) groups is 1. The van der Waals surface area contributed by atoms with Crippen LogP contribution in [0.25, 0.3) is 10.2 Å². The summed E-state index contributed by atoms with van der Waals surface area (Å²) >= 11 is 1.62. The van der Waals surface area contributed by atoms with E-state index >= 15 is 0 Å². The number of anilines is 1. The van der Waals surface area contributed by atoms with Crippen molar-refractivity contribution in [3.8, 4) is 0 Å². The highest BCUT2D eigenvalue weighted by Crippen LogP contribution is 2.24. The number of hydrogen-bond acceptors (Lipinski definition) is 4. The number of amides is 2. The van der Waals surface area contributed by atoms with E-state index in [9.17, 15) is 4.79 Å². The number of aryl methyl sites for hydroxylation is 1. The van der Waals surface area contributed by atoms with Gasteiger partial charge in [0.1, 0.15) is 0 Å². The van der Waals surface area contributed by atoms with Gasteiger partial charge in [-0.2, -0.15) is 0 Å². The molecule has 106 valence electrons. The molecule has 2 N–H and O–H groups in total. The lowest BCUT2D eigenvalue weighted by Crippen LogP contribution is -2.34. The highest BCUT2D eigenvalue weighted by Gasteiger charge is 2.16. The molecule has 0 aliphatic carbocycles. The van der Waals surface area contributed by atoms with Gasteiger partial charge in [0, 0.05) is 18.8 Å². The van der Waals surface area contributed by atoms with Gasteiger partial charge in [-0.25, -0.2) is 9.78 Å². The van der Waals surface area contributed by atoms with Gasteiger partial charge >= 0.3 is 6.03 Å². The zero-order valence-corrected chi connectivity index (χ0v) is 12.1. The Balaban J connectivity index is 1.58. The van der Waals surface area contributed by atoms with E-state index in [0.29, 0.717) is 6.54 Å². The van der Waals surface area contributed by atoms with Crippen LogP contribution >= 0.6 is 11.3 Å². The van der Waals surface area contributed by atoms with Crippen LogP contribution in [-0.2, 0) is 4.74 Å². The summed E-state index contributed by atoms with van der Waals surface area (Å²) < 4.78 is 6.55. The molecule has 0 saturated carbocycles. The summed E-state index contributed by atoms with van der Waals surface area (Å²) in [5.41, 5.74) is 1.75. The first-order valence-corrected chi connectivity index (χ1v) is 7.56. The molecular weight excluding hydrogens is 274 g/mol. The molecule has 1 aromatic heterocycles. The molecule has 1 atom stereocenters. The Morgan fingerprint density at radius 2 is 2.45 bits per heavy atom. The Kier molecular flexibility index (Phi) is 3.84. The fraction of sp³-hybridized carbons (Fsp3) is 0.429. The quantitative estimate of drug-likeness (QED) is 0.914. The SMILES string of the molecule is Cc1nc2ccc(NC(=O)NC[C@@H]3CCCO3)cc2s1. The van der Waals surface area contributed by atoms with Crippen LogP contribution in [0.3, 0.4) is 0 Å². The standard InChI is InChI=1S/C14H17N3O2S/c1-9-16-12-5-4-10(7-13(12)20-9)17-14(18)15-8-11-3-2-6-19-11/h4-5,7,11H,2-3,6,8H2,1H3,(H2,15,17,18)/t11-/m0/s1. The molecule has 1 aromatic carbocycles. The molecular formula is C14H17N3O2S. The number of carbonyl (C=O) groups excluding carboxylic acids is 1. The van der Waals surface area contributed by atoms with Crippen molar-refractivity contribution in [2.45, 2.75) is 25.9 Å². The minimum absolute atomic E-state index is 0.160. The number of nitrogens with one attached hydrogen (secondary N) is 2. The molecule has 1 saturated heterocycles. The van der Waals surface area contributed by atoms with E-state index in [0.717, 1.165) is 40.4 Å². The van der Waals surface area contributed by atoms with E-state index in [1.54, 1.807) is 11.3 Å². The average molecular weight is 291 g/mol. The van der Waals surface area contributed by atoms with Crippen molar-refractivity contribution in [3.63, 3.8) is 0 Å². The molecule has 0 spiro atoms. The van der Waals surface area contributed by atoms with Crippen LogP contribution in [0.5, 0.6) is 0 Å². The number of benzene rings is 1. The van der Waals surface area contributed by atoms with Crippen molar-refractivity contribution in [1.82, 2.24) is 10.3 Å². The van der Waals surface area contributed by atoms with Crippen molar-refractivity contribution in [2.75, 3.05) is 18.5 Å². The third-order valence-corrected chi connectivity index (χ3v) is 4.20. The predicted molar refractivity (Wildman–Crippen MR) is 80.4 cm³/mol. The van der Waals surface area contributed by atoms with E-state index < -0.39 is 0 Å². The Hall–Kier alpha value is -1.66. The summed E-state index contributed by atoms with van der Waals surface area (Å²) in [6, 6.07) is 5.55. The topological polar surface area (TPSA) is 63.2 Å². The van der Waals surface area contributed by atoms with Crippen LogP contribution in [0.15, 0.2) is 18.2 Å². The largest absolute Gasteiger partial charge is 0.376 e. The van der Waals surface area contributed by atoms with Crippen LogP contribution in [0, 0.1) is 6.92 Å². The maximum absolute atomic E-state index is 11.8. The number of thiazole rings is 1. The van der Waals surface area contributed by atoms with Gasteiger partial charge in [0.25, 0.3) is 0 Å². The molecule has 5 nitrogen and oxygen atoms in total. The monoisotopic (exact) mass is 291 g/mol. The van der Waals surface area contributed by atoms with E-state index in [-0.39, 0.29) is 12.1 Å². The summed E-state index contributed by atoms with van der Waals surface area (Å²) in [6.07, 6.45) is 2.26. The second kappa shape index (κ2) is 5.76. The smallest absolute Gasteiger partial charge is 0.319 e. The Morgan fingerprint density at radius 3 is 3.25 bits per heavy atom. The van der Waals surface area contributed by atoms with Gasteiger partial charge < -0.3 is 15.4 Å². The number of ether oxygens (including phenoxy) is 1. The molecule has 2 heterocycles. The van der Waals surface area contributed by atoms with Crippen LogP contribution in [0.2, 0.25) is 0 Å². The number of fused-ring (bicyclic) bond motifs is 1. The van der Waals surface area contributed by atoms with Crippen molar-refractivity contribution >= 4 is 33.3 Å². The number of nitrogens with zero attached hydrogens (tertiary/aromatic N) is 1. The summed E-state index contributed by atoms with van der Waals surface area (Å²) in [4.78, 5) is 16.2. The van der Waals surface area contributed by atoms with Gasteiger partial charge in [-0.3, -0.25) is 0 Å². The highest BCUT2D eigenvalue weighted by molar-refractivity contribution is 7.18. The Morgan fingerprint density at radius 1 is 1.55 bits per heavy atom. The zero-order valence-electron chi connectivity index (χ0n) is 11.3. The fourth-order valence-corrected chi connectivity index (χ4v) is 3.17. The van der Waals surface area contributed by atoms with E-state index in [1.807, 2.05) is 25.1 Å². The lowest BCUT2D eigenvalue weighted by Gasteiger charge is -2.11. The number of hydrogen-bond donors (Lipinski definition) is 2. The third kappa shape index (κ3) is 3.08. The third-order valence-electron chi connectivity index (χ3n) is 3.27. The van der Waals surface area contributed by atoms with E-state index in [2.05, 4.69) is 15.6 Å². The minimum atomic E-state index is -0.193. The number of aromatic nitrogens is 1. The molecule has 0 unspecified atom stereocenters. The second-order valence-electron chi connectivity index (χ2n) is 4.89. The fourth-order valence-electron chi connectivity index (χ4n) is 2.30. The summed E-state index contributed by atoms with van der Waals surface area (Å²) in [6.45, 7) is 3.34. The minimum Gasteiger partial charge on any atom is -0.376 e. The van der Waals surface area contributed by atoms with Crippen LogP contribution in [0.4, 0.5) is 10.5 Å². The summed E-state index contributed by atoms with van der Waals surface area (Å²) in [5, 5.41) is 6.71. The number of urea groups is 1. The van der Waals surface area contributed by atoms with Crippen molar-refractivity contribution in [1.29, 1.82) is 0 Å². The first kappa shape index (κ1) is 13.3. The highest BCUT2D eigenvalue weighted by atomic mass is 32.1. The van der Waals surface area contributed by atoms with Crippen LogP contribution in [-0.4, -0.2) is 30.3 Å². The van der Waals surface area contributed by atoms with Gasteiger partial charge in [0.05, 0.1) is 21.3 Å². The van der Waals surface area contributed by atoms with Gasteiger partial charge in [-0.1, -0.05) is 0 Å². The normalized spacial score (nSPS) is 18.4. The molecule has 20 heavy (non-hydrogen) atoms. The maximum atomic E-state index is 11.8. The lowest BCUT2D eigenvalue weighted by atomic mass is 10.2. The Labute approximate surface area is 121 Å². The molecule has 1 fully saturated rings. The van der Waals surface area contributed by atoms with Gasteiger partial charge in [0.2, 0.25) is 0 Å². The second-order valence-corrected chi connectivity index (χ2v) is 6.12. The number of rotatable bonds is 3. The van der Waals surface area contributed by atoms with Crippen molar-refractivity contribution in [3.05, 3.63) is 23.2 Å². The van der Waals surface area contributed by atoms with Gasteiger partial charge in [0.15, 0.2) is 0 Å². The Bertz CT molecular complexity index is 620. The van der Waals surface area contributed by atoms with Crippen molar-refractivity contribution < 1.29 is 9.53 Å². The van der Waals surface area contributed by atoms with Gasteiger partial charge in [-0.15, -0.1) is 11.3 Å². The van der Waals surface area contributed by atoms with Crippen LogP contribution in [0.1, 0.15) is 17.8 Å². The predicted octanol–water partition coefficient (Wildman–Crippen LogP) is 2.91. The molecule has 2 amide bonds. The first-order chi connectivity index (χ1) is 9.70. The molecule has 0 bridgehead atoms. The lowest BCUT2D eigenvalue weighted by molar-refractivity contribution is 0.112. The molecule has 0 radical (unpaired) electrons. The zero-order chi connectivity index (χ0) is 13.9. The van der Waals surface area contributed by atoms with Gasteiger partial charge in [-0.05, 0) is 38.0 Å². The molecule has 6 heteroatoms. The summed E-state index contributed by atoms with van der Waals surface area (Å²) in [7, 11) is 0. The maximum Gasteiger partial charge on any atom is 0.319 e. The van der Waals surface area contributed by atoms with E-state index in [4.69, 9.17) is 4.74 Å². The van der Waals surface area contributed by atoms with Crippen molar-refractivity contribution in [2.24, 2.45) is 0 Å². The molecule has 1 aliphatic heterocycles. The molecule has 2 aromatic rings. The molecule has 1 aliphatic rings. The average Bonchev–Trinajstić information content (AvgIpc) is 3.04. The first-order valence-electron chi connectivity index (χ1n) is 6.74. The van der Waals surface area contributed by atoms with Crippen LogP contribution < -0.4 is 10.6 Å². The molecule has 3 rings (SSSR count).